The molecule has 0 amide bonds. The quantitative estimate of drug-likeness (QED) is 0.362. The molecule has 0 bridgehead atoms. The molecule has 1 unspecified atom stereocenters. The van der Waals surface area contributed by atoms with Crippen LogP contribution >= 0.6 is 0 Å². The number of aliphatic hydroxyl groups is 2. The number of fused-ring (bicyclic) bond motifs is 3. The van der Waals surface area contributed by atoms with E-state index in [1.807, 2.05) is 48.5 Å². The first-order chi connectivity index (χ1) is 16.2. The molecule has 5 aromatic rings. The average Bonchev–Trinajstić information content (AvgIpc) is 3.19. The monoisotopic (exact) mass is 448 g/mol. The number of furan rings is 1. The van der Waals surface area contributed by atoms with E-state index in [9.17, 15) is 10.2 Å². The van der Waals surface area contributed by atoms with Crippen molar-refractivity contribution in [3.8, 4) is 22.3 Å². The van der Waals surface area contributed by atoms with Crippen LogP contribution in [-0.4, -0.2) is 29.3 Å². The molecule has 0 fully saturated rings. The molecule has 0 aliphatic heterocycles. The predicted octanol–water partition coefficient (Wildman–Crippen LogP) is 5.24. The minimum atomic E-state index is -1.32. The third-order valence-electron chi connectivity index (χ3n) is 7.09. The molecule has 0 saturated carbocycles. The molecule has 0 aliphatic carbocycles. The van der Waals surface area contributed by atoms with Gasteiger partial charge in [-0.05, 0) is 60.7 Å². The van der Waals surface area contributed by atoms with Crippen LogP contribution in [0.5, 0.6) is 0 Å². The lowest BCUT2D eigenvalue weighted by Gasteiger charge is -2.36. The Morgan fingerprint density at radius 1 is 0.706 bits per heavy atom. The van der Waals surface area contributed by atoms with Gasteiger partial charge in [-0.1, -0.05) is 78.3 Å². The Hall–Kier alpha value is -3.34. The summed E-state index contributed by atoms with van der Waals surface area (Å²) >= 11 is 0. The zero-order valence-electron chi connectivity index (χ0n) is 20.1. The van der Waals surface area contributed by atoms with E-state index in [4.69, 9.17) is 4.42 Å². The summed E-state index contributed by atoms with van der Waals surface area (Å²) in [5, 5.41) is 24.1. The smallest absolute Gasteiger partial charge is 0.140 e. The van der Waals surface area contributed by atoms with E-state index >= 15 is 0 Å². The van der Waals surface area contributed by atoms with Crippen molar-refractivity contribution >= 4 is 35.2 Å². The van der Waals surface area contributed by atoms with Crippen LogP contribution in [0.1, 0.15) is 26.3 Å². The van der Waals surface area contributed by atoms with Gasteiger partial charge in [-0.3, -0.25) is 0 Å². The maximum absolute atomic E-state index is 11.3. The van der Waals surface area contributed by atoms with Gasteiger partial charge in [0, 0.05) is 17.2 Å². The van der Waals surface area contributed by atoms with E-state index in [1.165, 1.54) is 0 Å². The van der Waals surface area contributed by atoms with Crippen LogP contribution in [-0.2, 0) is 6.42 Å². The van der Waals surface area contributed by atoms with Gasteiger partial charge in [-0.25, -0.2) is 0 Å². The highest BCUT2D eigenvalue weighted by atomic mass is 16.4. The highest BCUT2D eigenvalue weighted by Crippen LogP contribution is 2.43. The summed E-state index contributed by atoms with van der Waals surface area (Å²) in [6.07, 6.45) is 0.303. The Kier molecular flexibility index (Phi) is 5.39. The van der Waals surface area contributed by atoms with Gasteiger partial charge < -0.3 is 14.6 Å². The average molecular weight is 448 g/mol. The van der Waals surface area contributed by atoms with Crippen molar-refractivity contribution in [1.29, 1.82) is 0 Å². The van der Waals surface area contributed by atoms with E-state index in [0.29, 0.717) is 6.42 Å². The molecular weight excluding hydrogens is 419 g/mol. The van der Waals surface area contributed by atoms with Crippen molar-refractivity contribution < 1.29 is 14.6 Å². The molecule has 4 aromatic carbocycles. The predicted molar refractivity (Wildman–Crippen MR) is 143 cm³/mol. The summed E-state index contributed by atoms with van der Waals surface area (Å²) in [5.41, 5.74) is 5.55. The Bertz CT molecular complexity index is 1490. The molecule has 0 aliphatic rings. The molecule has 0 saturated heterocycles. The van der Waals surface area contributed by atoms with E-state index in [2.05, 4.69) is 44.2 Å². The second-order valence-electron chi connectivity index (χ2n) is 9.94. The van der Waals surface area contributed by atoms with Crippen molar-refractivity contribution in [2.45, 2.75) is 38.4 Å². The lowest BCUT2D eigenvalue weighted by molar-refractivity contribution is -0.118. The molecule has 2 N–H and O–H groups in total. The third-order valence-corrected chi connectivity index (χ3v) is 7.09. The third kappa shape index (κ3) is 3.73. The first-order valence-corrected chi connectivity index (χ1v) is 11.7. The molecule has 1 heterocycles. The van der Waals surface area contributed by atoms with Gasteiger partial charge in [0.25, 0.3) is 0 Å². The van der Waals surface area contributed by atoms with Crippen LogP contribution < -0.4 is 5.46 Å². The maximum atomic E-state index is 11.3. The van der Waals surface area contributed by atoms with Gasteiger partial charge in [0.2, 0.25) is 0 Å². The number of hydrogen-bond acceptors (Lipinski definition) is 3. The summed E-state index contributed by atoms with van der Waals surface area (Å²) in [6.45, 7) is 5.01. The van der Waals surface area contributed by atoms with Crippen LogP contribution in [0.25, 0.3) is 44.2 Å². The molecule has 0 spiro atoms. The van der Waals surface area contributed by atoms with Gasteiger partial charge in [0.05, 0.1) is 11.2 Å². The van der Waals surface area contributed by atoms with Crippen molar-refractivity contribution in [3.05, 3.63) is 90.5 Å². The zero-order valence-corrected chi connectivity index (χ0v) is 20.1. The summed E-state index contributed by atoms with van der Waals surface area (Å²) in [6, 6.07) is 28.8. The highest BCUT2D eigenvalue weighted by molar-refractivity contribution is 6.42. The van der Waals surface area contributed by atoms with Crippen LogP contribution in [0.3, 0.4) is 0 Å². The van der Waals surface area contributed by atoms with Crippen LogP contribution in [0.4, 0.5) is 0 Å². The maximum Gasteiger partial charge on any atom is 0.140 e. The van der Waals surface area contributed by atoms with Crippen molar-refractivity contribution in [3.63, 3.8) is 0 Å². The van der Waals surface area contributed by atoms with Crippen LogP contribution in [0, 0.1) is 0 Å². The van der Waals surface area contributed by atoms with Gasteiger partial charge in [-0.2, -0.15) is 0 Å². The van der Waals surface area contributed by atoms with E-state index in [1.54, 1.807) is 20.8 Å². The van der Waals surface area contributed by atoms with E-state index in [0.717, 1.165) is 55.2 Å². The molecule has 0 radical (unpaired) electrons. The fourth-order valence-electron chi connectivity index (χ4n) is 4.76. The van der Waals surface area contributed by atoms with Crippen LogP contribution in [0.15, 0.2) is 89.3 Å². The summed E-state index contributed by atoms with van der Waals surface area (Å²) in [5.74, 6) is 0. The number of hydrogen-bond donors (Lipinski definition) is 2. The SMILES string of the molecule is Bc1cccc2oc3cccc(-c4c(CC(C)(O)C(C)(C)O)cccc4-c4ccccc4)c3c12. The first-order valence-electron chi connectivity index (χ1n) is 11.7. The standard InChI is InChI=1S/C30H29BO3/c1-29(2,32)30(3,33)18-20-12-7-13-21(19-10-5-4-6-11-19)26(20)22-14-8-16-24-27(22)28-23(31)15-9-17-25(28)34-24/h4-17,32-33H,18,31H2,1-3H3. The van der Waals surface area contributed by atoms with Crippen molar-refractivity contribution in [2.75, 3.05) is 0 Å². The zero-order chi connectivity index (χ0) is 24.1. The number of rotatable bonds is 5. The van der Waals surface area contributed by atoms with Crippen molar-refractivity contribution in [1.82, 2.24) is 0 Å². The molecule has 34 heavy (non-hydrogen) atoms. The van der Waals surface area contributed by atoms with Gasteiger partial charge in [0.1, 0.15) is 19.0 Å². The second-order valence-corrected chi connectivity index (χ2v) is 9.94. The lowest BCUT2D eigenvalue weighted by Crippen LogP contribution is -2.49. The van der Waals surface area contributed by atoms with Gasteiger partial charge in [0.15, 0.2) is 0 Å². The fourth-order valence-corrected chi connectivity index (χ4v) is 4.76. The largest absolute Gasteiger partial charge is 0.456 e. The van der Waals surface area contributed by atoms with Crippen molar-refractivity contribution in [2.24, 2.45) is 0 Å². The summed E-state index contributed by atoms with van der Waals surface area (Å²) in [4.78, 5) is 0. The normalized spacial score (nSPS) is 13.9. The summed E-state index contributed by atoms with van der Waals surface area (Å²) in [7, 11) is 2.11. The highest BCUT2D eigenvalue weighted by Gasteiger charge is 2.38. The Morgan fingerprint density at radius 3 is 2.03 bits per heavy atom. The Balaban J connectivity index is 1.87. The molecule has 4 heteroatoms. The number of benzene rings is 4. The topological polar surface area (TPSA) is 53.6 Å². The first kappa shape index (κ1) is 22.5. The fraction of sp³-hybridized carbons (Fsp3) is 0.200. The van der Waals surface area contributed by atoms with Crippen LogP contribution in [0.2, 0.25) is 0 Å². The minimum Gasteiger partial charge on any atom is -0.456 e. The summed E-state index contributed by atoms with van der Waals surface area (Å²) < 4.78 is 6.25. The van der Waals surface area contributed by atoms with Gasteiger partial charge >= 0.3 is 0 Å². The van der Waals surface area contributed by atoms with E-state index < -0.39 is 11.2 Å². The molecule has 1 aromatic heterocycles. The minimum absolute atomic E-state index is 0.303. The molecular formula is C30H29BO3. The molecule has 1 atom stereocenters. The Labute approximate surface area is 201 Å². The Morgan fingerprint density at radius 2 is 1.32 bits per heavy atom. The molecule has 3 nitrogen and oxygen atoms in total. The molecule has 5 rings (SSSR count). The lowest BCUT2D eigenvalue weighted by atomic mass is 9.78. The molecule has 170 valence electrons. The van der Waals surface area contributed by atoms with Gasteiger partial charge in [-0.15, -0.1) is 0 Å². The van der Waals surface area contributed by atoms with E-state index in [-0.39, 0.29) is 0 Å². The second kappa shape index (κ2) is 8.16.